The average molecular weight is 206 g/mol. The molecule has 0 aromatic heterocycles. The highest BCUT2D eigenvalue weighted by Gasteiger charge is 2.38. The zero-order valence-electron chi connectivity index (χ0n) is 8.81. The summed E-state index contributed by atoms with van der Waals surface area (Å²) in [5, 5.41) is 9.66. The van der Waals surface area contributed by atoms with Crippen LogP contribution in [-0.2, 0) is 0 Å². The second-order valence-electron chi connectivity index (χ2n) is 4.49. The molecule has 1 aliphatic carbocycles. The van der Waals surface area contributed by atoms with Gasteiger partial charge < -0.3 is 5.11 Å². The Morgan fingerprint density at radius 1 is 1.36 bits per heavy atom. The van der Waals surface area contributed by atoms with Gasteiger partial charge >= 0.3 is 0 Å². The van der Waals surface area contributed by atoms with Crippen LogP contribution in [0.2, 0.25) is 0 Å². The Kier molecular flexibility index (Phi) is 4.30. The number of alkyl halides is 2. The van der Waals surface area contributed by atoms with Crippen LogP contribution in [0, 0.1) is 5.92 Å². The van der Waals surface area contributed by atoms with Gasteiger partial charge in [0.2, 0.25) is 0 Å². The summed E-state index contributed by atoms with van der Waals surface area (Å²) in [6.45, 7) is 2.12. The van der Waals surface area contributed by atoms with Gasteiger partial charge in [-0.25, -0.2) is 8.78 Å². The maximum Gasteiger partial charge on any atom is 0.266 e. The van der Waals surface area contributed by atoms with Gasteiger partial charge in [-0.1, -0.05) is 32.6 Å². The van der Waals surface area contributed by atoms with Crippen molar-refractivity contribution in [2.24, 2.45) is 5.92 Å². The zero-order valence-corrected chi connectivity index (χ0v) is 8.81. The van der Waals surface area contributed by atoms with Gasteiger partial charge in [-0.15, -0.1) is 0 Å². The molecule has 1 fully saturated rings. The van der Waals surface area contributed by atoms with Crippen LogP contribution in [0.3, 0.4) is 0 Å². The Hall–Kier alpha value is -0.180. The first kappa shape index (κ1) is 11.9. The summed E-state index contributed by atoms with van der Waals surface area (Å²) in [7, 11) is 0. The van der Waals surface area contributed by atoms with Gasteiger partial charge in [0.1, 0.15) is 5.60 Å². The Morgan fingerprint density at radius 3 is 2.64 bits per heavy atom. The first-order valence-corrected chi connectivity index (χ1v) is 5.59. The molecule has 0 spiro atoms. The van der Waals surface area contributed by atoms with E-state index in [0.29, 0.717) is 5.92 Å². The third kappa shape index (κ3) is 2.91. The summed E-state index contributed by atoms with van der Waals surface area (Å²) in [4.78, 5) is 0. The molecular formula is C11H20F2O. The van der Waals surface area contributed by atoms with Gasteiger partial charge in [-0.05, 0) is 25.2 Å². The van der Waals surface area contributed by atoms with Crippen LogP contribution in [-0.4, -0.2) is 17.1 Å². The molecule has 84 valence electrons. The zero-order chi connectivity index (χ0) is 10.6. The maximum absolute atomic E-state index is 12.5. The van der Waals surface area contributed by atoms with Crippen molar-refractivity contribution >= 4 is 0 Å². The monoisotopic (exact) mass is 206 g/mol. The van der Waals surface area contributed by atoms with E-state index in [0.717, 1.165) is 32.1 Å². The van der Waals surface area contributed by atoms with Crippen molar-refractivity contribution in [3.63, 3.8) is 0 Å². The van der Waals surface area contributed by atoms with E-state index in [1.54, 1.807) is 0 Å². The summed E-state index contributed by atoms with van der Waals surface area (Å²) >= 11 is 0. The van der Waals surface area contributed by atoms with Crippen LogP contribution in [0.25, 0.3) is 0 Å². The van der Waals surface area contributed by atoms with E-state index >= 15 is 0 Å². The molecule has 14 heavy (non-hydrogen) atoms. The van der Waals surface area contributed by atoms with Gasteiger partial charge in [0.25, 0.3) is 6.43 Å². The molecule has 1 aliphatic rings. The minimum Gasteiger partial charge on any atom is -0.384 e. The molecule has 0 saturated heterocycles. The Morgan fingerprint density at radius 2 is 2.07 bits per heavy atom. The Labute approximate surface area is 84.5 Å². The van der Waals surface area contributed by atoms with Crippen molar-refractivity contribution in [1.29, 1.82) is 0 Å². The topological polar surface area (TPSA) is 20.2 Å². The maximum atomic E-state index is 12.5. The lowest BCUT2D eigenvalue weighted by Gasteiger charge is -2.25. The molecule has 3 heteroatoms. The molecule has 1 nitrogen and oxygen atoms in total. The van der Waals surface area contributed by atoms with Crippen LogP contribution < -0.4 is 0 Å². The normalized spacial score (nSPS) is 34.5. The van der Waals surface area contributed by atoms with E-state index < -0.39 is 12.0 Å². The molecule has 0 bridgehead atoms. The highest BCUT2D eigenvalue weighted by Crippen LogP contribution is 2.35. The van der Waals surface area contributed by atoms with Gasteiger partial charge in [-0.2, -0.15) is 0 Å². The first-order chi connectivity index (χ1) is 6.58. The summed E-state index contributed by atoms with van der Waals surface area (Å²) < 4.78 is 25.1. The first-order valence-electron chi connectivity index (χ1n) is 5.59. The lowest BCUT2D eigenvalue weighted by Crippen LogP contribution is -2.36. The van der Waals surface area contributed by atoms with E-state index in [4.69, 9.17) is 0 Å². The highest BCUT2D eigenvalue weighted by atomic mass is 19.3. The van der Waals surface area contributed by atoms with Crippen molar-refractivity contribution in [3.05, 3.63) is 0 Å². The molecular weight excluding hydrogens is 186 g/mol. The largest absolute Gasteiger partial charge is 0.384 e. The van der Waals surface area contributed by atoms with Crippen molar-refractivity contribution in [2.75, 3.05) is 0 Å². The third-order valence-electron chi connectivity index (χ3n) is 3.31. The molecule has 1 N–H and O–H groups in total. The van der Waals surface area contributed by atoms with E-state index in [1.807, 2.05) is 0 Å². The number of hydrogen-bond acceptors (Lipinski definition) is 1. The second-order valence-corrected chi connectivity index (χ2v) is 4.49. The molecule has 1 saturated carbocycles. The number of rotatable bonds is 3. The smallest absolute Gasteiger partial charge is 0.266 e. The number of halogens is 2. The van der Waals surface area contributed by atoms with E-state index in [-0.39, 0.29) is 12.8 Å². The predicted octanol–water partition coefficient (Wildman–Crippen LogP) is 3.36. The number of aliphatic hydroxyl groups is 1. The molecule has 0 radical (unpaired) electrons. The highest BCUT2D eigenvalue weighted by molar-refractivity contribution is 4.85. The quantitative estimate of drug-likeness (QED) is 0.702. The van der Waals surface area contributed by atoms with Crippen molar-refractivity contribution in [3.8, 4) is 0 Å². The summed E-state index contributed by atoms with van der Waals surface area (Å²) in [5.74, 6) is 0.549. The Bertz CT molecular complexity index is 173. The minimum atomic E-state index is -2.58. The molecule has 2 unspecified atom stereocenters. The van der Waals surface area contributed by atoms with E-state index in [9.17, 15) is 13.9 Å². The van der Waals surface area contributed by atoms with Crippen LogP contribution in [0.1, 0.15) is 51.9 Å². The second kappa shape index (κ2) is 5.06. The number of hydrogen-bond donors (Lipinski definition) is 1. The third-order valence-corrected chi connectivity index (χ3v) is 3.31. The Balaban J connectivity index is 2.47. The van der Waals surface area contributed by atoms with E-state index in [2.05, 4.69) is 6.92 Å². The van der Waals surface area contributed by atoms with Crippen LogP contribution in [0.5, 0.6) is 0 Å². The standard InChI is InChI=1S/C11H20F2O/c1-2-4-9-5-3-7-11(14,8-6-9)10(12)13/h9-10,14H,2-8H2,1H3. The summed E-state index contributed by atoms with van der Waals surface area (Å²) in [6.07, 6.45) is 2.68. The molecule has 0 amide bonds. The predicted molar refractivity (Wildman–Crippen MR) is 52.4 cm³/mol. The molecule has 0 aromatic rings. The fourth-order valence-electron chi connectivity index (χ4n) is 2.34. The minimum absolute atomic E-state index is 0.269. The SMILES string of the molecule is CCCC1CCCC(O)(C(F)F)CC1. The lowest BCUT2D eigenvalue weighted by atomic mass is 9.92. The molecule has 0 aliphatic heterocycles. The van der Waals surface area contributed by atoms with E-state index in [1.165, 1.54) is 0 Å². The average Bonchev–Trinajstić information content (AvgIpc) is 2.30. The van der Waals surface area contributed by atoms with Crippen molar-refractivity contribution in [2.45, 2.75) is 63.9 Å². The summed E-state index contributed by atoms with van der Waals surface area (Å²) in [6, 6.07) is 0. The van der Waals surface area contributed by atoms with Crippen molar-refractivity contribution in [1.82, 2.24) is 0 Å². The van der Waals surface area contributed by atoms with Gasteiger partial charge in [0, 0.05) is 0 Å². The van der Waals surface area contributed by atoms with Gasteiger partial charge in [0.05, 0.1) is 0 Å². The molecule has 0 aromatic carbocycles. The van der Waals surface area contributed by atoms with Gasteiger partial charge in [0.15, 0.2) is 0 Å². The van der Waals surface area contributed by atoms with Crippen LogP contribution in [0.4, 0.5) is 8.78 Å². The summed E-state index contributed by atoms with van der Waals surface area (Å²) in [5.41, 5.74) is -1.69. The molecule has 2 atom stereocenters. The molecule has 1 rings (SSSR count). The van der Waals surface area contributed by atoms with Crippen molar-refractivity contribution < 1.29 is 13.9 Å². The molecule has 0 heterocycles. The van der Waals surface area contributed by atoms with Crippen LogP contribution >= 0.6 is 0 Å². The van der Waals surface area contributed by atoms with Gasteiger partial charge in [-0.3, -0.25) is 0 Å². The lowest BCUT2D eigenvalue weighted by molar-refractivity contribution is -0.105. The fourth-order valence-corrected chi connectivity index (χ4v) is 2.34. The fraction of sp³-hybridized carbons (Fsp3) is 1.00. The van der Waals surface area contributed by atoms with Crippen LogP contribution in [0.15, 0.2) is 0 Å².